The summed E-state index contributed by atoms with van der Waals surface area (Å²) in [6.07, 6.45) is 0.222. The van der Waals surface area contributed by atoms with Gasteiger partial charge >= 0.3 is 0 Å². The predicted octanol–water partition coefficient (Wildman–Crippen LogP) is 2.76. The van der Waals surface area contributed by atoms with E-state index in [9.17, 15) is 0 Å². The normalized spacial score (nSPS) is 10.0. The number of para-hydroxylation sites is 2. The molecule has 2 heteroatoms. The molecule has 1 rings (SSSR count). The molecule has 0 unspecified atom stereocenters. The van der Waals surface area contributed by atoms with Crippen molar-refractivity contribution in [3.8, 4) is 5.75 Å². The predicted molar refractivity (Wildman–Crippen MR) is 53.9 cm³/mol. The third-order valence-electron chi connectivity index (χ3n) is 1.52. The summed E-state index contributed by atoms with van der Waals surface area (Å²) in [5.74, 6) is 0.912. The molecule has 68 valence electrons. The lowest BCUT2D eigenvalue weighted by Crippen LogP contribution is -2.07. The Morgan fingerprint density at radius 3 is 2.58 bits per heavy atom. The highest BCUT2D eigenvalue weighted by Crippen LogP contribution is 2.23. The van der Waals surface area contributed by atoms with Gasteiger partial charge in [-0.2, -0.15) is 0 Å². The smallest absolute Gasteiger partial charge is 0.142 e. The van der Waals surface area contributed by atoms with Gasteiger partial charge in [-0.15, -0.1) is 0 Å². The maximum Gasteiger partial charge on any atom is 0.142 e. The van der Waals surface area contributed by atoms with Crippen LogP contribution in [0.25, 0.3) is 0 Å². The van der Waals surface area contributed by atoms with Crippen molar-refractivity contribution < 1.29 is 6.16 Å². The third kappa shape index (κ3) is 2.16. The van der Waals surface area contributed by atoms with Crippen LogP contribution < -0.4 is 10.1 Å². The Labute approximate surface area is 75.0 Å². The first kappa shape index (κ1) is 8.91. The van der Waals surface area contributed by atoms with Crippen LogP contribution in [0.3, 0.4) is 0 Å². The van der Waals surface area contributed by atoms with E-state index in [1.54, 1.807) is 0 Å². The minimum atomic E-state index is 0. The van der Waals surface area contributed by atoms with Gasteiger partial charge in [0.1, 0.15) is 5.75 Å². The first-order valence-electron chi connectivity index (χ1n) is 4.17. The molecule has 0 aromatic heterocycles. The molecule has 0 saturated carbocycles. The van der Waals surface area contributed by atoms with E-state index >= 15 is 0 Å². The molecule has 0 radical (unpaired) electrons. The highest BCUT2D eigenvalue weighted by Gasteiger charge is 2.01. The second-order valence-corrected chi connectivity index (χ2v) is 2.91. The Morgan fingerprint density at radius 1 is 1.33 bits per heavy atom. The number of anilines is 1. The minimum Gasteiger partial charge on any atom is -0.489 e. The van der Waals surface area contributed by atoms with Gasteiger partial charge in [0.15, 0.2) is 0 Å². The molecule has 1 N–H and O–H groups in total. The lowest BCUT2D eigenvalue weighted by atomic mass is 10.3. The molecule has 1 aromatic rings. The van der Waals surface area contributed by atoms with Crippen LogP contribution in [0, 0.1) is 0 Å². The molecule has 1 aromatic carbocycles. The van der Waals surface area contributed by atoms with Gasteiger partial charge in [-0.25, -0.2) is 0 Å². The van der Waals surface area contributed by atoms with Gasteiger partial charge in [0.25, 0.3) is 0 Å². The highest BCUT2D eigenvalue weighted by atomic mass is 16.5. The van der Waals surface area contributed by atoms with E-state index in [2.05, 4.69) is 5.32 Å². The molecule has 2 nitrogen and oxygen atoms in total. The molecule has 0 saturated heterocycles. The van der Waals surface area contributed by atoms with Crippen molar-refractivity contribution in [2.24, 2.45) is 0 Å². The third-order valence-corrected chi connectivity index (χ3v) is 1.52. The Kier molecular flexibility index (Phi) is 2.97. The second-order valence-electron chi connectivity index (χ2n) is 2.91. The van der Waals surface area contributed by atoms with Gasteiger partial charge in [-0.1, -0.05) is 12.1 Å². The quantitative estimate of drug-likeness (QED) is 0.747. The van der Waals surface area contributed by atoms with Crippen LogP contribution in [-0.2, 0) is 0 Å². The molecule has 0 spiro atoms. The molecule has 0 aliphatic rings. The van der Waals surface area contributed by atoms with Crippen LogP contribution >= 0.6 is 0 Å². The van der Waals surface area contributed by atoms with E-state index in [1.165, 1.54) is 0 Å². The SMILES string of the molecule is CNc1ccccc1OC(C)C.[HH]. The number of nitrogens with one attached hydrogen (secondary N) is 1. The molecule has 0 amide bonds. The van der Waals surface area contributed by atoms with E-state index in [4.69, 9.17) is 4.74 Å². The number of benzene rings is 1. The van der Waals surface area contributed by atoms with Gasteiger partial charge < -0.3 is 10.1 Å². The second kappa shape index (κ2) is 4.00. The summed E-state index contributed by atoms with van der Waals surface area (Å²) in [7, 11) is 1.89. The standard InChI is InChI=1S/C10H15NO.H2/c1-8(2)12-10-7-5-4-6-9(10)11-3;/h4-8,11H,1-3H3;1H. The molecule has 12 heavy (non-hydrogen) atoms. The van der Waals surface area contributed by atoms with Crippen LogP contribution in [0.5, 0.6) is 5.75 Å². The van der Waals surface area contributed by atoms with Crippen LogP contribution in [0.2, 0.25) is 0 Å². The number of ether oxygens (including phenoxy) is 1. The first-order chi connectivity index (χ1) is 5.74. The van der Waals surface area contributed by atoms with Crippen LogP contribution in [0.1, 0.15) is 15.3 Å². The zero-order valence-corrected chi connectivity index (χ0v) is 7.79. The molecule has 0 aliphatic carbocycles. The van der Waals surface area contributed by atoms with Gasteiger partial charge in [-0.05, 0) is 26.0 Å². The zero-order valence-electron chi connectivity index (χ0n) is 7.79. The van der Waals surface area contributed by atoms with Crippen molar-refractivity contribution in [1.82, 2.24) is 0 Å². The summed E-state index contributed by atoms with van der Waals surface area (Å²) >= 11 is 0. The minimum absolute atomic E-state index is 0. The maximum absolute atomic E-state index is 5.57. The zero-order chi connectivity index (χ0) is 8.97. The van der Waals surface area contributed by atoms with Crippen molar-refractivity contribution >= 4 is 5.69 Å². The van der Waals surface area contributed by atoms with Crippen LogP contribution in [-0.4, -0.2) is 13.2 Å². The summed E-state index contributed by atoms with van der Waals surface area (Å²) in [5.41, 5.74) is 1.03. The van der Waals surface area contributed by atoms with Gasteiger partial charge in [0.2, 0.25) is 0 Å². The van der Waals surface area contributed by atoms with E-state index in [0.717, 1.165) is 11.4 Å². The Morgan fingerprint density at radius 2 is 2.00 bits per heavy atom. The number of hydrogen-bond donors (Lipinski definition) is 1. The largest absolute Gasteiger partial charge is 0.489 e. The lowest BCUT2D eigenvalue weighted by Gasteiger charge is -2.13. The fourth-order valence-corrected chi connectivity index (χ4v) is 1.03. The molecule has 0 heterocycles. The Balaban J connectivity index is 0.00000144. The fourth-order valence-electron chi connectivity index (χ4n) is 1.03. The van der Waals surface area contributed by atoms with E-state index in [1.807, 2.05) is 45.2 Å². The lowest BCUT2D eigenvalue weighted by molar-refractivity contribution is 0.243. The van der Waals surface area contributed by atoms with E-state index < -0.39 is 0 Å². The van der Waals surface area contributed by atoms with E-state index in [-0.39, 0.29) is 7.53 Å². The van der Waals surface area contributed by atoms with Gasteiger partial charge in [-0.3, -0.25) is 0 Å². The van der Waals surface area contributed by atoms with Crippen molar-refractivity contribution in [3.05, 3.63) is 24.3 Å². The molecule has 0 aliphatic heterocycles. The average molecular weight is 167 g/mol. The van der Waals surface area contributed by atoms with Crippen molar-refractivity contribution in [2.75, 3.05) is 12.4 Å². The Hall–Kier alpha value is -1.18. The molecule has 0 fully saturated rings. The van der Waals surface area contributed by atoms with E-state index in [0.29, 0.717) is 0 Å². The number of rotatable bonds is 3. The summed E-state index contributed by atoms with van der Waals surface area (Å²) in [5, 5.41) is 3.08. The fraction of sp³-hybridized carbons (Fsp3) is 0.400. The summed E-state index contributed by atoms with van der Waals surface area (Å²) in [6, 6.07) is 7.92. The topological polar surface area (TPSA) is 21.3 Å². The van der Waals surface area contributed by atoms with Gasteiger partial charge in [0.05, 0.1) is 11.8 Å². The molecular weight excluding hydrogens is 150 g/mol. The van der Waals surface area contributed by atoms with Crippen LogP contribution in [0.4, 0.5) is 5.69 Å². The molecular formula is C10H17NO. The van der Waals surface area contributed by atoms with Crippen molar-refractivity contribution in [2.45, 2.75) is 20.0 Å². The molecule has 0 atom stereocenters. The first-order valence-corrected chi connectivity index (χ1v) is 4.17. The number of hydrogen-bond acceptors (Lipinski definition) is 2. The van der Waals surface area contributed by atoms with Crippen molar-refractivity contribution in [3.63, 3.8) is 0 Å². The average Bonchev–Trinajstić information content (AvgIpc) is 2.04. The van der Waals surface area contributed by atoms with Crippen LogP contribution in [0.15, 0.2) is 24.3 Å². The maximum atomic E-state index is 5.57. The van der Waals surface area contributed by atoms with Crippen molar-refractivity contribution in [1.29, 1.82) is 0 Å². The highest BCUT2D eigenvalue weighted by molar-refractivity contribution is 5.55. The summed E-state index contributed by atoms with van der Waals surface area (Å²) < 4.78 is 5.57. The molecule has 0 bridgehead atoms. The monoisotopic (exact) mass is 167 g/mol. The Bertz CT molecular complexity index is 250. The van der Waals surface area contributed by atoms with Gasteiger partial charge in [0, 0.05) is 8.47 Å². The summed E-state index contributed by atoms with van der Waals surface area (Å²) in [4.78, 5) is 0. The summed E-state index contributed by atoms with van der Waals surface area (Å²) in [6.45, 7) is 4.04.